The Morgan fingerprint density at radius 3 is 2.50 bits per heavy atom. The second kappa shape index (κ2) is 8.84. The summed E-state index contributed by atoms with van der Waals surface area (Å²) in [5.41, 5.74) is 3.55. The van der Waals surface area contributed by atoms with Crippen LogP contribution in [0.3, 0.4) is 0 Å². The molecule has 0 radical (unpaired) electrons. The van der Waals surface area contributed by atoms with Crippen LogP contribution in [-0.4, -0.2) is 34.7 Å². The number of benzene rings is 1. The molecule has 0 heterocycles. The van der Waals surface area contributed by atoms with Crippen LogP contribution >= 0.6 is 0 Å². The van der Waals surface area contributed by atoms with E-state index >= 15 is 0 Å². The summed E-state index contributed by atoms with van der Waals surface area (Å²) in [7, 11) is 0. The topological polar surface area (TPSA) is 81.7 Å². The van der Waals surface area contributed by atoms with Gasteiger partial charge in [0.1, 0.15) is 6.04 Å². The predicted molar refractivity (Wildman–Crippen MR) is 85.1 cm³/mol. The molecule has 0 spiro atoms. The number of nitrogens with one attached hydrogen (secondary N) is 2. The number of carbonyl (C=O) groups excluding carboxylic acids is 1. The summed E-state index contributed by atoms with van der Waals surface area (Å²) < 4.78 is 0. The first-order valence-corrected chi connectivity index (χ1v) is 7.22. The van der Waals surface area contributed by atoms with Gasteiger partial charge in [-0.25, -0.2) is 9.80 Å². The molecule has 0 aromatic heterocycles. The molecule has 1 rings (SSSR count). The maximum Gasteiger partial charge on any atom is 0.329 e. The number of hydrogen-bond donors (Lipinski definition) is 3. The Kier molecular flexibility index (Phi) is 7.12. The average molecular weight is 305 g/mol. The number of nitrogens with zero attached hydrogens (tertiary/aromatic N) is 1. The Bertz CT molecular complexity index is 505. The van der Waals surface area contributed by atoms with Crippen molar-refractivity contribution >= 4 is 12.0 Å². The molecule has 0 fully saturated rings. The van der Waals surface area contributed by atoms with Crippen molar-refractivity contribution in [2.24, 2.45) is 0 Å². The van der Waals surface area contributed by atoms with Gasteiger partial charge in [0.15, 0.2) is 0 Å². The molecule has 1 aromatic rings. The van der Waals surface area contributed by atoms with Gasteiger partial charge in [-0.05, 0) is 18.9 Å². The molecule has 3 N–H and O–H groups in total. The summed E-state index contributed by atoms with van der Waals surface area (Å²) in [6.07, 6.45) is 1.92. The zero-order chi connectivity index (χ0) is 16.5. The number of carboxylic acid groups (broad SMARTS) is 1. The first-order valence-electron chi connectivity index (χ1n) is 7.22. The predicted octanol–water partition coefficient (Wildman–Crippen LogP) is 2.31. The van der Waals surface area contributed by atoms with Gasteiger partial charge < -0.3 is 10.4 Å². The molecular weight excluding hydrogens is 282 g/mol. The van der Waals surface area contributed by atoms with E-state index in [9.17, 15) is 14.7 Å². The molecule has 2 amide bonds. The maximum absolute atomic E-state index is 12.1. The second-order valence-electron chi connectivity index (χ2n) is 4.92. The first kappa shape index (κ1) is 17.7. The third-order valence-corrected chi connectivity index (χ3v) is 3.27. The molecule has 6 heteroatoms. The molecule has 120 valence electrons. The van der Waals surface area contributed by atoms with E-state index in [0.717, 1.165) is 5.56 Å². The summed E-state index contributed by atoms with van der Waals surface area (Å²) in [5.74, 6) is -0.985. The average Bonchev–Trinajstić information content (AvgIpc) is 2.48. The van der Waals surface area contributed by atoms with Gasteiger partial charge in [0.25, 0.3) is 0 Å². The van der Waals surface area contributed by atoms with E-state index in [1.54, 1.807) is 13.0 Å². The minimum Gasteiger partial charge on any atom is -0.480 e. The van der Waals surface area contributed by atoms with Crippen molar-refractivity contribution in [1.29, 1.82) is 0 Å². The highest BCUT2D eigenvalue weighted by molar-refractivity contribution is 5.76. The lowest BCUT2D eigenvalue weighted by Crippen LogP contribution is -2.54. The first-order chi connectivity index (χ1) is 10.5. The van der Waals surface area contributed by atoms with Gasteiger partial charge in [0.2, 0.25) is 0 Å². The highest BCUT2D eigenvalue weighted by Gasteiger charge is 2.24. The second-order valence-corrected chi connectivity index (χ2v) is 4.92. The Morgan fingerprint density at radius 1 is 1.36 bits per heavy atom. The number of carboxylic acids is 1. The van der Waals surface area contributed by atoms with E-state index in [0.29, 0.717) is 6.42 Å². The molecule has 0 saturated carbocycles. The third-order valence-electron chi connectivity index (χ3n) is 3.27. The van der Waals surface area contributed by atoms with E-state index in [2.05, 4.69) is 17.3 Å². The van der Waals surface area contributed by atoms with Gasteiger partial charge >= 0.3 is 12.0 Å². The smallest absolute Gasteiger partial charge is 0.329 e. The van der Waals surface area contributed by atoms with Gasteiger partial charge in [0.05, 0.1) is 6.04 Å². The fourth-order valence-corrected chi connectivity index (χ4v) is 2.10. The molecule has 0 bridgehead atoms. The molecule has 0 aliphatic rings. The lowest BCUT2D eigenvalue weighted by molar-refractivity contribution is -0.144. The quantitative estimate of drug-likeness (QED) is 0.508. The molecular formula is C16H23N3O3. The normalized spacial score (nSPS) is 13.2. The number of carbonyl (C=O) groups is 2. The van der Waals surface area contributed by atoms with Crippen LogP contribution in [0.4, 0.5) is 4.79 Å². The number of aliphatic carboxylic acids is 1. The minimum atomic E-state index is -0.985. The van der Waals surface area contributed by atoms with E-state index in [1.807, 2.05) is 37.3 Å². The molecule has 6 nitrogen and oxygen atoms in total. The van der Waals surface area contributed by atoms with Crippen LogP contribution in [0.2, 0.25) is 0 Å². The number of hydrogen-bond acceptors (Lipinski definition) is 3. The Labute approximate surface area is 130 Å². The summed E-state index contributed by atoms with van der Waals surface area (Å²) in [4.78, 5) is 23.3. The standard InChI is InChI=1S/C16H23N3O3/c1-4-11-19(14(5-2)15(20)21)18-16(22)17-12(3)13-9-7-6-8-10-13/h4,6-10,12,14H,1,5,11H2,2-3H3,(H,20,21)(H2,17,18,22)/t12?,14-/m1/s1. The number of urea groups is 1. The van der Waals surface area contributed by atoms with Crippen LogP contribution in [0.1, 0.15) is 31.9 Å². The Balaban J connectivity index is 2.67. The Hall–Kier alpha value is -2.34. The van der Waals surface area contributed by atoms with Crippen LogP contribution in [0.15, 0.2) is 43.0 Å². The van der Waals surface area contributed by atoms with Crippen LogP contribution in [0.25, 0.3) is 0 Å². The lowest BCUT2D eigenvalue weighted by Gasteiger charge is -2.28. The molecule has 1 aromatic carbocycles. The van der Waals surface area contributed by atoms with Gasteiger partial charge in [-0.15, -0.1) is 6.58 Å². The van der Waals surface area contributed by atoms with E-state index in [-0.39, 0.29) is 12.6 Å². The maximum atomic E-state index is 12.1. The fourth-order valence-electron chi connectivity index (χ4n) is 2.10. The van der Waals surface area contributed by atoms with E-state index in [1.165, 1.54) is 5.01 Å². The molecule has 0 saturated heterocycles. The highest BCUT2D eigenvalue weighted by Crippen LogP contribution is 2.11. The van der Waals surface area contributed by atoms with Gasteiger partial charge in [0, 0.05) is 6.54 Å². The number of rotatable bonds is 8. The van der Waals surface area contributed by atoms with E-state index < -0.39 is 18.0 Å². The fraction of sp³-hybridized carbons (Fsp3) is 0.375. The van der Waals surface area contributed by atoms with Gasteiger partial charge in [-0.2, -0.15) is 0 Å². The van der Waals surface area contributed by atoms with E-state index in [4.69, 9.17) is 0 Å². The van der Waals surface area contributed by atoms with Crippen molar-refractivity contribution in [3.05, 3.63) is 48.6 Å². The summed E-state index contributed by atoms with van der Waals surface area (Å²) in [6, 6.07) is 8.10. The van der Waals surface area contributed by atoms with Crippen molar-refractivity contribution in [2.75, 3.05) is 6.54 Å². The van der Waals surface area contributed by atoms with Crippen molar-refractivity contribution in [2.45, 2.75) is 32.4 Å². The van der Waals surface area contributed by atoms with Crippen LogP contribution in [0.5, 0.6) is 0 Å². The summed E-state index contributed by atoms with van der Waals surface area (Å²) >= 11 is 0. The van der Waals surface area contributed by atoms with Crippen molar-refractivity contribution in [1.82, 2.24) is 15.8 Å². The van der Waals surface area contributed by atoms with Crippen molar-refractivity contribution in [3.8, 4) is 0 Å². The highest BCUT2D eigenvalue weighted by atomic mass is 16.4. The third kappa shape index (κ3) is 5.21. The minimum absolute atomic E-state index is 0.184. The monoisotopic (exact) mass is 305 g/mol. The Morgan fingerprint density at radius 2 is 2.00 bits per heavy atom. The largest absolute Gasteiger partial charge is 0.480 e. The van der Waals surface area contributed by atoms with Crippen LogP contribution in [-0.2, 0) is 4.79 Å². The SMILES string of the molecule is C=CCN(NC(=O)NC(C)c1ccccc1)[C@H](CC)C(=O)O. The molecule has 2 atom stereocenters. The van der Waals surface area contributed by atoms with Crippen LogP contribution < -0.4 is 10.7 Å². The molecule has 0 aliphatic heterocycles. The van der Waals surface area contributed by atoms with Gasteiger partial charge in [-0.1, -0.05) is 43.3 Å². The zero-order valence-corrected chi connectivity index (χ0v) is 13.0. The molecule has 22 heavy (non-hydrogen) atoms. The zero-order valence-electron chi connectivity index (χ0n) is 13.0. The van der Waals surface area contributed by atoms with Crippen molar-refractivity contribution < 1.29 is 14.7 Å². The molecule has 0 aliphatic carbocycles. The molecule has 1 unspecified atom stereocenters. The number of amides is 2. The van der Waals surface area contributed by atoms with Crippen molar-refractivity contribution in [3.63, 3.8) is 0 Å². The van der Waals surface area contributed by atoms with Gasteiger partial charge in [-0.3, -0.25) is 10.2 Å². The lowest BCUT2D eigenvalue weighted by atomic mass is 10.1. The van der Waals surface area contributed by atoms with Crippen LogP contribution in [0, 0.1) is 0 Å². The summed E-state index contributed by atoms with van der Waals surface area (Å²) in [6.45, 7) is 7.45. The summed E-state index contributed by atoms with van der Waals surface area (Å²) in [5, 5.41) is 13.3. The number of hydrazine groups is 1.